The minimum atomic E-state index is -0.285. The molecule has 0 atom stereocenters. The van der Waals surface area contributed by atoms with E-state index in [1.165, 1.54) is 6.92 Å². The number of hydrogen-bond acceptors (Lipinski definition) is 4. The SMILES string of the molecule is CC(=O)Oc1ccc(N2CCOCC2)cc1C. The summed E-state index contributed by atoms with van der Waals surface area (Å²) in [5.74, 6) is 0.349. The Kier molecular flexibility index (Phi) is 3.64. The molecule has 2 rings (SSSR count). The fraction of sp³-hybridized carbons (Fsp3) is 0.462. The summed E-state index contributed by atoms with van der Waals surface area (Å²) in [5.41, 5.74) is 2.13. The van der Waals surface area contributed by atoms with Gasteiger partial charge in [-0.05, 0) is 30.7 Å². The van der Waals surface area contributed by atoms with Gasteiger partial charge < -0.3 is 14.4 Å². The van der Waals surface area contributed by atoms with E-state index >= 15 is 0 Å². The smallest absolute Gasteiger partial charge is 0.308 e. The van der Waals surface area contributed by atoms with Crippen molar-refractivity contribution in [1.29, 1.82) is 0 Å². The van der Waals surface area contributed by atoms with Crippen molar-refractivity contribution in [3.63, 3.8) is 0 Å². The standard InChI is InChI=1S/C13H17NO3/c1-10-9-12(14-5-7-16-8-6-14)3-4-13(10)17-11(2)15/h3-4,9H,5-8H2,1-2H3. The highest BCUT2D eigenvalue weighted by atomic mass is 16.5. The lowest BCUT2D eigenvalue weighted by molar-refractivity contribution is -0.131. The van der Waals surface area contributed by atoms with Crippen molar-refractivity contribution in [1.82, 2.24) is 0 Å². The molecule has 1 aromatic carbocycles. The molecule has 4 nitrogen and oxygen atoms in total. The Bertz CT molecular complexity index is 411. The second-order valence-corrected chi connectivity index (χ2v) is 4.14. The van der Waals surface area contributed by atoms with Gasteiger partial charge in [0.15, 0.2) is 0 Å². The molecule has 1 fully saturated rings. The van der Waals surface area contributed by atoms with E-state index in [9.17, 15) is 4.79 Å². The van der Waals surface area contributed by atoms with E-state index in [4.69, 9.17) is 9.47 Å². The first kappa shape index (κ1) is 11.9. The van der Waals surface area contributed by atoms with Crippen LogP contribution < -0.4 is 9.64 Å². The molecule has 0 bridgehead atoms. The summed E-state index contributed by atoms with van der Waals surface area (Å²) in [6.07, 6.45) is 0. The molecule has 92 valence electrons. The van der Waals surface area contributed by atoms with Crippen LogP contribution in [0, 0.1) is 6.92 Å². The number of morpholine rings is 1. The second-order valence-electron chi connectivity index (χ2n) is 4.14. The average molecular weight is 235 g/mol. The van der Waals surface area contributed by atoms with Gasteiger partial charge in [-0.3, -0.25) is 4.79 Å². The molecule has 1 saturated heterocycles. The average Bonchev–Trinajstić information content (AvgIpc) is 2.32. The van der Waals surface area contributed by atoms with Gasteiger partial charge in [0.25, 0.3) is 0 Å². The van der Waals surface area contributed by atoms with Crippen LogP contribution in [0.3, 0.4) is 0 Å². The number of esters is 1. The summed E-state index contributed by atoms with van der Waals surface area (Å²) in [4.78, 5) is 13.2. The first-order valence-electron chi connectivity index (χ1n) is 5.78. The van der Waals surface area contributed by atoms with Crippen LogP contribution in [0.25, 0.3) is 0 Å². The zero-order valence-corrected chi connectivity index (χ0v) is 10.2. The third kappa shape index (κ3) is 2.97. The number of anilines is 1. The third-order valence-corrected chi connectivity index (χ3v) is 2.79. The Morgan fingerprint density at radius 3 is 2.65 bits per heavy atom. The van der Waals surface area contributed by atoms with Crippen LogP contribution in [-0.2, 0) is 9.53 Å². The highest BCUT2D eigenvalue weighted by Gasteiger charge is 2.12. The molecule has 0 saturated carbocycles. The van der Waals surface area contributed by atoms with E-state index in [1.54, 1.807) is 0 Å². The zero-order chi connectivity index (χ0) is 12.3. The Labute approximate surface area is 101 Å². The predicted molar refractivity (Wildman–Crippen MR) is 65.5 cm³/mol. The summed E-state index contributed by atoms with van der Waals surface area (Å²) < 4.78 is 10.4. The van der Waals surface area contributed by atoms with Crippen molar-refractivity contribution in [3.8, 4) is 5.75 Å². The lowest BCUT2D eigenvalue weighted by Crippen LogP contribution is -2.36. The first-order valence-corrected chi connectivity index (χ1v) is 5.78. The Hall–Kier alpha value is -1.55. The maximum Gasteiger partial charge on any atom is 0.308 e. The van der Waals surface area contributed by atoms with Crippen molar-refractivity contribution < 1.29 is 14.3 Å². The lowest BCUT2D eigenvalue weighted by Gasteiger charge is -2.29. The maximum absolute atomic E-state index is 10.9. The number of nitrogens with zero attached hydrogens (tertiary/aromatic N) is 1. The summed E-state index contributed by atoms with van der Waals surface area (Å²) in [6, 6.07) is 5.88. The van der Waals surface area contributed by atoms with E-state index in [2.05, 4.69) is 4.90 Å². The number of benzene rings is 1. The molecule has 0 spiro atoms. The molecule has 0 N–H and O–H groups in total. The van der Waals surface area contributed by atoms with Crippen LogP contribution in [0.1, 0.15) is 12.5 Å². The van der Waals surface area contributed by atoms with Gasteiger partial charge in [0, 0.05) is 25.7 Å². The molecule has 0 unspecified atom stereocenters. The minimum absolute atomic E-state index is 0.285. The largest absolute Gasteiger partial charge is 0.426 e. The van der Waals surface area contributed by atoms with Crippen LogP contribution in [0.4, 0.5) is 5.69 Å². The van der Waals surface area contributed by atoms with E-state index in [-0.39, 0.29) is 5.97 Å². The normalized spacial score (nSPS) is 15.8. The van der Waals surface area contributed by atoms with Gasteiger partial charge in [0.1, 0.15) is 5.75 Å². The Morgan fingerprint density at radius 1 is 1.35 bits per heavy atom. The maximum atomic E-state index is 10.9. The molecule has 4 heteroatoms. The molecule has 1 heterocycles. The Balaban J connectivity index is 2.14. The zero-order valence-electron chi connectivity index (χ0n) is 10.2. The summed E-state index contributed by atoms with van der Waals surface area (Å²) in [7, 11) is 0. The number of carbonyl (C=O) groups is 1. The van der Waals surface area contributed by atoms with Gasteiger partial charge in [0.2, 0.25) is 0 Å². The topological polar surface area (TPSA) is 38.8 Å². The molecular weight excluding hydrogens is 218 g/mol. The molecular formula is C13H17NO3. The fourth-order valence-electron chi connectivity index (χ4n) is 1.92. The van der Waals surface area contributed by atoms with E-state index in [0.29, 0.717) is 5.75 Å². The monoisotopic (exact) mass is 235 g/mol. The van der Waals surface area contributed by atoms with E-state index < -0.39 is 0 Å². The van der Waals surface area contributed by atoms with Crippen molar-refractivity contribution in [2.75, 3.05) is 31.2 Å². The number of rotatable bonds is 2. The predicted octanol–water partition coefficient (Wildman–Crippen LogP) is 1.76. The van der Waals surface area contributed by atoms with Gasteiger partial charge in [-0.15, -0.1) is 0 Å². The molecule has 0 aliphatic carbocycles. The highest BCUT2D eigenvalue weighted by Crippen LogP contribution is 2.25. The highest BCUT2D eigenvalue weighted by molar-refractivity contribution is 5.70. The Morgan fingerprint density at radius 2 is 2.06 bits per heavy atom. The van der Waals surface area contributed by atoms with Crippen LogP contribution in [0.2, 0.25) is 0 Å². The van der Waals surface area contributed by atoms with Crippen molar-refractivity contribution in [3.05, 3.63) is 23.8 Å². The summed E-state index contributed by atoms with van der Waals surface area (Å²) in [6.45, 7) is 6.71. The third-order valence-electron chi connectivity index (χ3n) is 2.79. The number of ether oxygens (including phenoxy) is 2. The summed E-state index contributed by atoms with van der Waals surface area (Å²) >= 11 is 0. The molecule has 1 aliphatic heterocycles. The number of aryl methyl sites for hydroxylation is 1. The number of hydrogen-bond donors (Lipinski definition) is 0. The van der Waals surface area contributed by atoms with Crippen LogP contribution in [0.15, 0.2) is 18.2 Å². The molecule has 17 heavy (non-hydrogen) atoms. The quantitative estimate of drug-likeness (QED) is 0.578. The van der Waals surface area contributed by atoms with Gasteiger partial charge in [-0.1, -0.05) is 0 Å². The van der Waals surface area contributed by atoms with Gasteiger partial charge >= 0.3 is 5.97 Å². The van der Waals surface area contributed by atoms with Crippen molar-refractivity contribution in [2.45, 2.75) is 13.8 Å². The second kappa shape index (κ2) is 5.19. The molecule has 0 radical (unpaired) electrons. The molecule has 0 aromatic heterocycles. The molecule has 0 amide bonds. The fourth-order valence-corrected chi connectivity index (χ4v) is 1.92. The van der Waals surface area contributed by atoms with E-state index in [1.807, 2.05) is 25.1 Å². The lowest BCUT2D eigenvalue weighted by atomic mass is 10.2. The van der Waals surface area contributed by atoms with Crippen molar-refractivity contribution >= 4 is 11.7 Å². The van der Waals surface area contributed by atoms with E-state index in [0.717, 1.165) is 37.6 Å². The molecule has 1 aromatic rings. The number of carbonyl (C=O) groups excluding carboxylic acids is 1. The first-order chi connectivity index (χ1) is 8.16. The minimum Gasteiger partial charge on any atom is -0.426 e. The van der Waals surface area contributed by atoms with Crippen molar-refractivity contribution in [2.24, 2.45) is 0 Å². The van der Waals surface area contributed by atoms with Crippen LogP contribution in [0.5, 0.6) is 5.75 Å². The van der Waals surface area contributed by atoms with Crippen LogP contribution >= 0.6 is 0 Å². The summed E-state index contributed by atoms with van der Waals surface area (Å²) in [5, 5.41) is 0. The van der Waals surface area contributed by atoms with Gasteiger partial charge in [0.05, 0.1) is 13.2 Å². The van der Waals surface area contributed by atoms with Crippen LogP contribution in [-0.4, -0.2) is 32.3 Å². The van der Waals surface area contributed by atoms with Gasteiger partial charge in [-0.25, -0.2) is 0 Å². The molecule has 1 aliphatic rings. The van der Waals surface area contributed by atoms with Gasteiger partial charge in [-0.2, -0.15) is 0 Å².